The first kappa shape index (κ1) is 21.8. The number of urea groups is 1. The summed E-state index contributed by atoms with van der Waals surface area (Å²) in [4.78, 5) is 16.6. The van der Waals surface area contributed by atoms with E-state index in [1.165, 1.54) is 12.1 Å². The maximum atomic E-state index is 14.2. The van der Waals surface area contributed by atoms with Crippen LogP contribution in [0.25, 0.3) is 10.4 Å². The lowest BCUT2D eigenvalue weighted by molar-refractivity contribution is 0.252. The summed E-state index contributed by atoms with van der Waals surface area (Å²) in [5.74, 6) is 0.155. The summed E-state index contributed by atoms with van der Waals surface area (Å²) in [6.07, 6.45) is 1.99. The van der Waals surface area contributed by atoms with Crippen LogP contribution in [0.4, 0.5) is 14.3 Å². The molecule has 12 heteroatoms. The van der Waals surface area contributed by atoms with Crippen molar-refractivity contribution >= 4 is 32.3 Å². The van der Waals surface area contributed by atoms with Gasteiger partial charge in [0.15, 0.2) is 15.0 Å². The van der Waals surface area contributed by atoms with E-state index in [2.05, 4.69) is 25.8 Å². The molecule has 30 heavy (non-hydrogen) atoms. The van der Waals surface area contributed by atoms with Crippen LogP contribution < -0.4 is 10.6 Å². The van der Waals surface area contributed by atoms with Crippen LogP contribution in [0.3, 0.4) is 0 Å². The summed E-state index contributed by atoms with van der Waals surface area (Å²) in [6.45, 7) is 3.92. The maximum absolute atomic E-state index is 14.2. The standard InChI is InChI=1S/C18H20FN5O4S2/c1-4-14-23-24-15(28-14)7-8-20-17(25)22-18-21-10(2)16(29-18)11-5-6-13(12(19)9-11)30(3,26)27/h5-6,9H,4,7-8H2,1-3H3,(H2,20,21,22,25). The fourth-order valence-corrected chi connectivity index (χ4v) is 4.30. The van der Waals surface area contributed by atoms with Gasteiger partial charge in [-0.2, -0.15) is 0 Å². The van der Waals surface area contributed by atoms with E-state index in [9.17, 15) is 17.6 Å². The third-order valence-electron chi connectivity index (χ3n) is 4.05. The quantitative estimate of drug-likeness (QED) is 0.563. The number of carbonyl (C=O) groups excluding carboxylic acids is 1. The Bertz CT molecular complexity index is 1170. The minimum atomic E-state index is -3.65. The molecule has 0 bridgehead atoms. The second kappa shape index (κ2) is 8.88. The molecule has 0 atom stereocenters. The topological polar surface area (TPSA) is 127 Å². The Morgan fingerprint density at radius 2 is 2.00 bits per heavy atom. The van der Waals surface area contributed by atoms with E-state index in [1.54, 1.807) is 6.92 Å². The highest BCUT2D eigenvalue weighted by molar-refractivity contribution is 7.90. The highest BCUT2D eigenvalue weighted by atomic mass is 32.2. The first-order valence-corrected chi connectivity index (χ1v) is 11.7. The van der Waals surface area contributed by atoms with Crippen molar-refractivity contribution in [1.82, 2.24) is 20.5 Å². The zero-order valence-corrected chi connectivity index (χ0v) is 18.2. The average Bonchev–Trinajstić information content (AvgIpc) is 3.26. The van der Waals surface area contributed by atoms with Crippen LogP contribution in [-0.4, -0.2) is 42.4 Å². The monoisotopic (exact) mass is 453 g/mol. The zero-order valence-electron chi connectivity index (χ0n) is 16.5. The van der Waals surface area contributed by atoms with Crippen molar-refractivity contribution in [2.75, 3.05) is 18.1 Å². The number of hydrogen-bond acceptors (Lipinski definition) is 8. The number of thiazole rings is 1. The Morgan fingerprint density at radius 1 is 1.27 bits per heavy atom. The molecule has 1 aromatic carbocycles. The van der Waals surface area contributed by atoms with E-state index in [4.69, 9.17) is 4.42 Å². The fraction of sp³-hybridized carbons (Fsp3) is 0.333. The lowest BCUT2D eigenvalue weighted by Gasteiger charge is -2.04. The number of nitrogens with one attached hydrogen (secondary N) is 2. The smallest absolute Gasteiger partial charge is 0.321 e. The van der Waals surface area contributed by atoms with E-state index in [1.807, 2.05) is 6.92 Å². The average molecular weight is 454 g/mol. The molecule has 3 aromatic rings. The lowest BCUT2D eigenvalue weighted by Crippen LogP contribution is -2.30. The number of anilines is 1. The lowest BCUT2D eigenvalue weighted by atomic mass is 10.1. The number of carbonyl (C=O) groups is 1. The number of nitrogens with zero attached hydrogens (tertiary/aromatic N) is 3. The summed E-state index contributed by atoms with van der Waals surface area (Å²) in [5.41, 5.74) is 1.06. The van der Waals surface area contributed by atoms with Crippen molar-refractivity contribution in [2.24, 2.45) is 0 Å². The van der Waals surface area contributed by atoms with E-state index in [-0.39, 0.29) is 4.90 Å². The highest BCUT2D eigenvalue weighted by Gasteiger charge is 2.17. The zero-order chi connectivity index (χ0) is 21.9. The van der Waals surface area contributed by atoms with Gasteiger partial charge in [0.1, 0.15) is 10.7 Å². The van der Waals surface area contributed by atoms with Crippen LogP contribution in [-0.2, 0) is 22.7 Å². The van der Waals surface area contributed by atoms with E-state index in [0.717, 1.165) is 23.7 Å². The Balaban J connectivity index is 1.63. The molecular weight excluding hydrogens is 433 g/mol. The maximum Gasteiger partial charge on any atom is 0.321 e. The van der Waals surface area contributed by atoms with Gasteiger partial charge in [-0.1, -0.05) is 24.3 Å². The molecule has 0 unspecified atom stereocenters. The number of benzene rings is 1. The molecule has 2 amide bonds. The van der Waals surface area contributed by atoms with Crippen LogP contribution in [0.1, 0.15) is 24.4 Å². The van der Waals surface area contributed by atoms with E-state index < -0.39 is 21.7 Å². The van der Waals surface area contributed by atoms with Crippen LogP contribution in [0.2, 0.25) is 0 Å². The minimum absolute atomic E-state index is 0.298. The van der Waals surface area contributed by atoms with Crippen molar-refractivity contribution < 1.29 is 22.0 Å². The van der Waals surface area contributed by atoms with Crippen molar-refractivity contribution in [3.05, 3.63) is 41.5 Å². The van der Waals surface area contributed by atoms with Gasteiger partial charge < -0.3 is 9.73 Å². The molecule has 0 aliphatic carbocycles. The number of aryl methyl sites for hydroxylation is 2. The normalized spacial score (nSPS) is 11.5. The van der Waals surface area contributed by atoms with Gasteiger partial charge in [-0.3, -0.25) is 5.32 Å². The van der Waals surface area contributed by atoms with Gasteiger partial charge in [0.05, 0.1) is 10.6 Å². The molecule has 0 fully saturated rings. The Labute approximate surface area is 176 Å². The Morgan fingerprint density at radius 3 is 2.63 bits per heavy atom. The third-order valence-corrected chi connectivity index (χ3v) is 6.30. The van der Waals surface area contributed by atoms with Gasteiger partial charge in [0, 0.05) is 25.6 Å². The Kier molecular flexibility index (Phi) is 6.46. The number of rotatable bonds is 7. The summed E-state index contributed by atoms with van der Waals surface area (Å²) >= 11 is 1.16. The van der Waals surface area contributed by atoms with E-state index in [0.29, 0.717) is 52.4 Å². The summed E-state index contributed by atoms with van der Waals surface area (Å²) in [5, 5.41) is 13.4. The summed E-state index contributed by atoms with van der Waals surface area (Å²) in [6, 6.07) is 3.43. The van der Waals surface area contributed by atoms with Gasteiger partial charge in [0.2, 0.25) is 11.8 Å². The molecule has 9 nitrogen and oxygen atoms in total. The fourth-order valence-electron chi connectivity index (χ4n) is 2.62. The van der Waals surface area contributed by atoms with Gasteiger partial charge in [-0.05, 0) is 24.6 Å². The Hall–Kier alpha value is -2.86. The minimum Gasteiger partial charge on any atom is -0.425 e. The number of halogens is 1. The summed E-state index contributed by atoms with van der Waals surface area (Å²) in [7, 11) is -3.65. The van der Waals surface area contributed by atoms with Gasteiger partial charge >= 0.3 is 6.03 Å². The summed E-state index contributed by atoms with van der Waals surface area (Å²) < 4.78 is 42.7. The van der Waals surface area contributed by atoms with Crippen LogP contribution in [0, 0.1) is 12.7 Å². The molecule has 0 saturated carbocycles. The number of amides is 2. The molecule has 0 radical (unpaired) electrons. The number of aromatic nitrogens is 3. The molecule has 0 spiro atoms. The second-order valence-electron chi connectivity index (χ2n) is 6.42. The first-order valence-electron chi connectivity index (χ1n) is 9.01. The number of hydrogen-bond donors (Lipinski definition) is 2. The molecule has 2 heterocycles. The molecular formula is C18H20FN5O4S2. The predicted molar refractivity (Wildman–Crippen MR) is 110 cm³/mol. The molecule has 3 rings (SSSR count). The second-order valence-corrected chi connectivity index (χ2v) is 9.41. The molecule has 0 saturated heterocycles. The van der Waals surface area contributed by atoms with Crippen molar-refractivity contribution in [3.8, 4) is 10.4 Å². The van der Waals surface area contributed by atoms with Gasteiger partial charge in [-0.15, -0.1) is 10.2 Å². The first-order chi connectivity index (χ1) is 14.2. The van der Waals surface area contributed by atoms with Gasteiger partial charge in [-0.25, -0.2) is 22.6 Å². The third kappa shape index (κ3) is 5.19. The van der Waals surface area contributed by atoms with Gasteiger partial charge in [0.25, 0.3) is 0 Å². The number of sulfone groups is 1. The largest absolute Gasteiger partial charge is 0.425 e. The molecule has 2 N–H and O–H groups in total. The van der Waals surface area contributed by atoms with Crippen molar-refractivity contribution in [2.45, 2.75) is 31.6 Å². The van der Waals surface area contributed by atoms with Crippen molar-refractivity contribution in [3.63, 3.8) is 0 Å². The SMILES string of the molecule is CCc1nnc(CCNC(=O)Nc2nc(C)c(-c3ccc(S(C)(=O)=O)c(F)c3)s2)o1. The molecule has 2 aromatic heterocycles. The molecule has 160 valence electrons. The van der Waals surface area contributed by atoms with Crippen LogP contribution >= 0.6 is 11.3 Å². The predicted octanol–water partition coefficient (Wildman–Crippen LogP) is 2.97. The van der Waals surface area contributed by atoms with Crippen LogP contribution in [0.5, 0.6) is 0 Å². The van der Waals surface area contributed by atoms with Crippen molar-refractivity contribution in [1.29, 1.82) is 0 Å². The van der Waals surface area contributed by atoms with E-state index >= 15 is 0 Å². The molecule has 0 aliphatic heterocycles. The highest BCUT2D eigenvalue weighted by Crippen LogP contribution is 2.34. The molecule has 0 aliphatic rings. The van der Waals surface area contributed by atoms with Crippen LogP contribution in [0.15, 0.2) is 27.5 Å².